The molecule has 0 aliphatic heterocycles. The van der Waals surface area contributed by atoms with E-state index in [1.54, 1.807) is 6.92 Å². The molecule has 0 rings (SSSR count). The van der Waals surface area contributed by atoms with Crippen LogP contribution in [0.5, 0.6) is 0 Å². The average Bonchev–Trinajstić information content (AvgIpc) is 2.30. The summed E-state index contributed by atoms with van der Waals surface area (Å²) in [6, 6.07) is 0. The Bertz CT molecular complexity index is 240. The molecule has 0 aliphatic rings. The standard InChI is InChI=1S/C13H24N2O/c1-3-5-6-11-15-13(16)8-7-12(4-2)9-10-14/h12H,4,6-11,14H2,1-2H3,(H,15,16). The van der Waals surface area contributed by atoms with Crippen LogP contribution >= 0.6 is 0 Å². The largest absolute Gasteiger partial charge is 0.355 e. The van der Waals surface area contributed by atoms with Crippen molar-refractivity contribution in [3.63, 3.8) is 0 Å². The van der Waals surface area contributed by atoms with Gasteiger partial charge in [0.2, 0.25) is 5.91 Å². The van der Waals surface area contributed by atoms with E-state index in [-0.39, 0.29) is 5.91 Å². The fourth-order valence-corrected chi connectivity index (χ4v) is 1.60. The topological polar surface area (TPSA) is 55.1 Å². The summed E-state index contributed by atoms with van der Waals surface area (Å²) in [6.07, 6.45) is 4.41. The summed E-state index contributed by atoms with van der Waals surface area (Å²) < 4.78 is 0. The smallest absolute Gasteiger partial charge is 0.220 e. The number of nitrogens with two attached hydrogens (primary N) is 1. The first-order valence-electron chi connectivity index (χ1n) is 6.10. The number of rotatable bonds is 8. The van der Waals surface area contributed by atoms with E-state index < -0.39 is 0 Å². The predicted molar refractivity (Wildman–Crippen MR) is 67.8 cm³/mol. The maximum absolute atomic E-state index is 11.4. The number of amides is 1. The van der Waals surface area contributed by atoms with Crippen molar-refractivity contribution >= 4 is 5.91 Å². The van der Waals surface area contributed by atoms with Gasteiger partial charge in [0.1, 0.15) is 0 Å². The maximum Gasteiger partial charge on any atom is 0.220 e. The number of hydrogen-bond acceptors (Lipinski definition) is 2. The van der Waals surface area contributed by atoms with Crippen LogP contribution in [0.1, 0.15) is 46.0 Å². The molecule has 0 aliphatic carbocycles. The molecule has 0 heterocycles. The van der Waals surface area contributed by atoms with Crippen molar-refractivity contribution < 1.29 is 4.79 Å². The summed E-state index contributed by atoms with van der Waals surface area (Å²) in [5.41, 5.74) is 5.51. The van der Waals surface area contributed by atoms with Crippen LogP contribution in [-0.2, 0) is 4.79 Å². The second-order valence-electron chi connectivity index (χ2n) is 3.92. The Morgan fingerprint density at radius 3 is 2.75 bits per heavy atom. The summed E-state index contributed by atoms with van der Waals surface area (Å²) in [4.78, 5) is 11.4. The molecule has 0 aromatic heterocycles. The first kappa shape index (κ1) is 15.0. The Balaban J connectivity index is 3.57. The van der Waals surface area contributed by atoms with Gasteiger partial charge >= 0.3 is 0 Å². The lowest BCUT2D eigenvalue weighted by Gasteiger charge is -2.12. The molecule has 0 fully saturated rings. The lowest BCUT2D eigenvalue weighted by Crippen LogP contribution is -2.24. The van der Waals surface area contributed by atoms with Crippen molar-refractivity contribution in [2.24, 2.45) is 11.7 Å². The molecule has 92 valence electrons. The molecule has 0 radical (unpaired) electrons. The van der Waals surface area contributed by atoms with Crippen LogP contribution in [0.2, 0.25) is 0 Å². The van der Waals surface area contributed by atoms with E-state index in [9.17, 15) is 4.79 Å². The Morgan fingerprint density at radius 2 is 2.19 bits per heavy atom. The molecule has 0 saturated heterocycles. The molecule has 0 aromatic rings. The summed E-state index contributed by atoms with van der Waals surface area (Å²) in [6.45, 7) is 5.33. The van der Waals surface area contributed by atoms with E-state index in [0.29, 0.717) is 25.4 Å². The van der Waals surface area contributed by atoms with Gasteiger partial charge in [-0.15, -0.1) is 11.8 Å². The Hall–Kier alpha value is -1.01. The molecule has 0 aromatic carbocycles. The quantitative estimate of drug-likeness (QED) is 0.487. The van der Waals surface area contributed by atoms with Crippen molar-refractivity contribution in [1.82, 2.24) is 5.32 Å². The minimum atomic E-state index is 0.133. The molecular weight excluding hydrogens is 200 g/mol. The van der Waals surface area contributed by atoms with E-state index in [0.717, 1.165) is 25.7 Å². The average molecular weight is 224 g/mol. The summed E-state index contributed by atoms with van der Waals surface area (Å²) in [5, 5.41) is 2.87. The molecule has 3 heteroatoms. The van der Waals surface area contributed by atoms with Gasteiger partial charge in [-0.2, -0.15) is 0 Å². The van der Waals surface area contributed by atoms with E-state index in [1.807, 2.05) is 0 Å². The molecule has 3 nitrogen and oxygen atoms in total. The first-order valence-corrected chi connectivity index (χ1v) is 6.10. The minimum absolute atomic E-state index is 0.133. The second-order valence-corrected chi connectivity index (χ2v) is 3.92. The second kappa shape index (κ2) is 10.5. The van der Waals surface area contributed by atoms with Crippen molar-refractivity contribution in [3.05, 3.63) is 0 Å². The minimum Gasteiger partial charge on any atom is -0.355 e. The van der Waals surface area contributed by atoms with E-state index in [2.05, 4.69) is 24.1 Å². The third-order valence-corrected chi connectivity index (χ3v) is 2.68. The van der Waals surface area contributed by atoms with Gasteiger partial charge in [-0.1, -0.05) is 13.3 Å². The van der Waals surface area contributed by atoms with Crippen LogP contribution in [0.15, 0.2) is 0 Å². The van der Waals surface area contributed by atoms with E-state index in [4.69, 9.17) is 5.73 Å². The molecule has 16 heavy (non-hydrogen) atoms. The molecule has 3 N–H and O–H groups in total. The lowest BCUT2D eigenvalue weighted by molar-refractivity contribution is -0.121. The van der Waals surface area contributed by atoms with Crippen LogP contribution < -0.4 is 11.1 Å². The van der Waals surface area contributed by atoms with Gasteiger partial charge in [0, 0.05) is 19.4 Å². The molecule has 1 unspecified atom stereocenters. The zero-order chi connectivity index (χ0) is 12.2. The van der Waals surface area contributed by atoms with Crippen LogP contribution in [0.25, 0.3) is 0 Å². The Labute approximate surface area is 99.2 Å². The molecular formula is C13H24N2O. The molecule has 1 atom stereocenters. The van der Waals surface area contributed by atoms with Gasteiger partial charge in [-0.25, -0.2) is 0 Å². The molecule has 1 amide bonds. The monoisotopic (exact) mass is 224 g/mol. The fraction of sp³-hybridized carbons (Fsp3) is 0.769. The van der Waals surface area contributed by atoms with Crippen molar-refractivity contribution in [2.75, 3.05) is 13.1 Å². The van der Waals surface area contributed by atoms with Crippen LogP contribution in [-0.4, -0.2) is 19.0 Å². The van der Waals surface area contributed by atoms with Crippen molar-refractivity contribution in [3.8, 4) is 11.8 Å². The number of hydrogen-bond donors (Lipinski definition) is 2. The van der Waals surface area contributed by atoms with Crippen LogP contribution in [0.3, 0.4) is 0 Å². The number of carbonyl (C=O) groups is 1. The van der Waals surface area contributed by atoms with Gasteiger partial charge in [-0.3, -0.25) is 4.79 Å². The van der Waals surface area contributed by atoms with E-state index >= 15 is 0 Å². The van der Waals surface area contributed by atoms with Crippen LogP contribution in [0.4, 0.5) is 0 Å². The zero-order valence-electron chi connectivity index (χ0n) is 10.5. The van der Waals surface area contributed by atoms with Gasteiger partial charge < -0.3 is 11.1 Å². The van der Waals surface area contributed by atoms with Gasteiger partial charge in [0.15, 0.2) is 0 Å². The third kappa shape index (κ3) is 8.31. The number of nitrogens with one attached hydrogen (secondary N) is 1. The van der Waals surface area contributed by atoms with Gasteiger partial charge in [0.25, 0.3) is 0 Å². The zero-order valence-corrected chi connectivity index (χ0v) is 10.5. The fourth-order valence-electron chi connectivity index (χ4n) is 1.60. The van der Waals surface area contributed by atoms with Crippen LogP contribution in [0, 0.1) is 17.8 Å². The lowest BCUT2D eigenvalue weighted by atomic mass is 9.96. The summed E-state index contributed by atoms with van der Waals surface area (Å²) in [5.74, 6) is 6.44. The highest BCUT2D eigenvalue weighted by molar-refractivity contribution is 5.75. The molecule has 0 spiro atoms. The third-order valence-electron chi connectivity index (χ3n) is 2.68. The molecule has 0 saturated carbocycles. The SMILES string of the molecule is CC#CCCNC(=O)CCC(CC)CCN. The van der Waals surface area contributed by atoms with Gasteiger partial charge in [0.05, 0.1) is 0 Å². The molecule has 0 bridgehead atoms. The Morgan fingerprint density at radius 1 is 1.44 bits per heavy atom. The maximum atomic E-state index is 11.4. The summed E-state index contributed by atoms with van der Waals surface area (Å²) >= 11 is 0. The highest BCUT2D eigenvalue weighted by Gasteiger charge is 2.08. The van der Waals surface area contributed by atoms with Crippen molar-refractivity contribution in [2.45, 2.75) is 46.0 Å². The number of carbonyl (C=O) groups excluding carboxylic acids is 1. The highest BCUT2D eigenvalue weighted by atomic mass is 16.1. The van der Waals surface area contributed by atoms with E-state index in [1.165, 1.54) is 0 Å². The predicted octanol–water partition coefficient (Wildman–Crippen LogP) is 1.67. The Kier molecular flexibility index (Phi) is 9.84. The normalized spacial score (nSPS) is 11.4. The summed E-state index contributed by atoms with van der Waals surface area (Å²) in [7, 11) is 0. The van der Waals surface area contributed by atoms with Crippen molar-refractivity contribution in [1.29, 1.82) is 0 Å². The van der Waals surface area contributed by atoms with Gasteiger partial charge in [-0.05, 0) is 32.2 Å². The highest BCUT2D eigenvalue weighted by Crippen LogP contribution is 2.14. The first-order chi connectivity index (χ1) is 7.74.